The number of carbonyl (C=O) groups is 2. The van der Waals surface area contributed by atoms with E-state index in [1.54, 1.807) is 12.1 Å². The summed E-state index contributed by atoms with van der Waals surface area (Å²) < 4.78 is 0. The van der Waals surface area contributed by atoms with Gasteiger partial charge in [-0.1, -0.05) is 54.1 Å². The maximum atomic E-state index is 12.1. The quantitative estimate of drug-likeness (QED) is 0.656. The first-order valence-electron chi connectivity index (χ1n) is 8.35. The number of thiazole rings is 1. The second-order valence-corrected chi connectivity index (χ2v) is 7.56. The number of amides is 2. The Morgan fingerprint density at radius 1 is 1.04 bits per heavy atom. The SMILES string of the molecule is Cc1sc(NC(=O)CNC(=O)Cc2ccccc2)nc1-c1ccc(Cl)cc1. The number of nitrogens with one attached hydrogen (secondary N) is 2. The van der Waals surface area contributed by atoms with E-state index in [1.165, 1.54) is 11.3 Å². The third-order valence-corrected chi connectivity index (χ3v) is 4.95. The summed E-state index contributed by atoms with van der Waals surface area (Å²) in [7, 11) is 0. The van der Waals surface area contributed by atoms with Crippen LogP contribution in [0.15, 0.2) is 54.6 Å². The fourth-order valence-corrected chi connectivity index (χ4v) is 3.49. The van der Waals surface area contributed by atoms with E-state index in [0.29, 0.717) is 10.2 Å². The molecule has 138 valence electrons. The third kappa shape index (κ3) is 5.39. The van der Waals surface area contributed by atoms with Gasteiger partial charge in [-0.2, -0.15) is 0 Å². The second kappa shape index (κ2) is 8.79. The molecule has 0 saturated carbocycles. The summed E-state index contributed by atoms with van der Waals surface area (Å²) in [6.45, 7) is 1.85. The summed E-state index contributed by atoms with van der Waals surface area (Å²) in [6.07, 6.45) is 0.241. The molecule has 0 unspecified atom stereocenters. The summed E-state index contributed by atoms with van der Waals surface area (Å²) >= 11 is 7.30. The fourth-order valence-electron chi connectivity index (χ4n) is 2.51. The van der Waals surface area contributed by atoms with Gasteiger partial charge in [0.15, 0.2) is 5.13 Å². The zero-order valence-corrected chi connectivity index (χ0v) is 16.2. The molecule has 2 aromatic carbocycles. The topological polar surface area (TPSA) is 71.1 Å². The molecule has 0 bridgehead atoms. The lowest BCUT2D eigenvalue weighted by atomic mass is 10.1. The highest BCUT2D eigenvalue weighted by molar-refractivity contribution is 7.16. The standard InChI is InChI=1S/C20H18ClN3O2S/c1-13-19(15-7-9-16(21)10-8-15)24-20(27-13)23-18(26)12-22-17(25)11-14-5-3-2-4-6-14/h2-10H,11-12H2,1H3,(H,22,25)(H,23,24,26). The molecule has 2 N–H and O–H groups in total. The Balaban J connectivity index is 1.54. The number of aromatic nitrogens is 1. The second-order valence-electron chi connectivity index (χ2n) is 5.92. The lowest BCUT2D eigenvalue weighted by molar-refractivity contribution is -0.123. The van der Waals surface area contributed by atoms with Crippen molar-refractivity contribution in [1.29, 1.82) is 0 Å². The van der Waals surface area contributed by atoms with Gasteiger partial charge in [-0.15, -0.1) is 11.3 Å². The Morgan fingerprint density at radius 3 is 2.44 bits per heavy atom. The molecule has 0 radical (unpaired) electrons. The molecule has 0 fully saturated rings. The Morgan fingerprint density at radius 2 is 1.74 bits per heavy atom. The van der Waals surface area contributed by atoms with Crippen molar-refractivity contribution in [2.75, 3.05) is 11.9 Å². The number of halogens is 1. The summed E-state index contributed by atoms with van der Waals surface area (Å²) in [6, 6.07) is 16.8. The van der Waals surface area contributed by atoms with Crippen molar-refractivity contribution in [3.05, 3.63) is 70.1 Å². The summed E-state index contributed by atoms with van der Waals surface area (Å²) in [5.74, 6) is -0.513. The van der Waals surface area contributed by atoms with E-state index < -0.39 is 0 Å². The molecule has 1 heterocycles. The molecule has 1 aromatic heterocycles. The molecule has 0 atom stereocenters. The van der Waals surface area contributed by atoms with Gasteiger partial charge in [0.2, 0.25) is 11.8 Å². The van der Waals surface area contributed by atoms with Crippen LogP contribution in [0, 0.1) is 6.92 Å². The van der Waals surface area contributed by atoms with E-state index in [4.69, 9.17) is 11.6 Å². The maximum Gasteiger partial charge on any atom is 0.245 e. The summed E-state index contributed by atoms with van der Waals surface area (Å²) in [4.78, 5) is 29.5. The molecule has 0 aliphatic heterocycles. The Bertz CT molecular complexity index is 940. The van der Waals surface area contributed by atoms with Crippen molar-refractivity contribution in [3.63, 3.8) is 0 Å². The molecule has 2 amide bonds. The fraction of sp³-hybridized carbons (Fsp3) is 0.150. The van der Waals surface area contributed by atoms with E-state index in [9.17, 15) is 9.59 Å². The van der Waals surface area contributed by atoms with Crippen LogP contribution in [-0.4, -0.2) is 23.3 Å². The molecule has 3 aromatic rings. The molecule has 3 rings (SSSR count). The van der Waals surface area contributed by atoms with E-state index >= 15 is 0 Å². The van der Waals surface area contributed by atoms with Crippen LogP contribution in [0.3, 0.4) is 0 Å². The first kappa shape index (κ1) is 19.1. The van der Waals surface area contributed by atoms with Gasteiger partial charge in [0, 0.05) is 15.5 Å². The van der Waals surface area contributed by atoms with Crippen molar-refractivity contribution in [2.45, 2.75) is 13.3 Å². The van der Waals surface area contributed by atoms with Crippen molar-refractivity contribution < 1.29 is 9.59 Å². The van der Waals surface area contributed by atoms with Crippen LogP contribution < -0.4 is 10.6 Å². The van der Waals surface area contributed by atoms with Crippen molar-refractivity contribution >= 4 is 39.9 Å². The molecule has 0 spiro atoms. The van der Waals surface area contributed by atoms with Crippen molar-refractivity contribution in [3.8, 4) is 11.3 Å². The average molecular weight is 400 g/mol. The maximum absolute atomic E-state index is 12.1. The van der Waals surface area contributed by atoms with Gasteiger partial charge in [0.05, 0.1) is 18.7 Å². The predicted molar refractivity (Wildman–Crippen MR) is 109 cm³/mol. The first-order chi connectivity index (χ1) is 13.0. The van der Waals surface area contributed by atoms with E-state index in [0.717, 1.165) is 21.7 Å². The molecule has 27 heavy (non-hydrogen) atoms. The molecule has 5 nitrogen and oxygen atoms in total. The van der Waals surface area contributed by atoms with Crippen molar-refractivity contribution in [2.24, 2.45) is 0 Å². The van der Waals surface area contributed by atoms with Gasteiger partial charge in [-0.3, -0.25) is 9.59 Å². The average Bonchev–Trinajstić information content (AvgIpc) is 3.01. The smallest absolute Gasteiger partial charge is 0.245 e. The van der Waals surface area contributed by atoms with Crippen LogP contribution in [0.2, 0.25) is 5.02 Å². The number of carbonyl (C=O) groups excluding carboxylic acids is 2. The number of anilines is 1. The van der Waals surface area contributed by atoms with E-state index in [2.05, 4.69) is 15.6 Å². The molecule has 0 aliphatic carbocycles. The lowest BCUT2D eigenvalue weighted by Gasteiger charge is -2.05. The van der Waals surface area contributed by atoms with Crippen molar-refractivity contribution in [1.82, 2.24) is 10.3 Å². The molecule has 7 heteroatoms. The van der Waals surface area contributed by atoms with E-state index in [-0.39, 0.29) is 24.8 Å². The van der Waals surface area contributed by atoms with Gasteiger partial charge in [0.1, 0.15) is 0 Å². The first-order valence-corrected chi connectivity index (χ1v) is 9.54. The van der Waals surface area contributed by atoms with Crippen LogP contribution >= 0.6 is 22.9 Å². The van der Waals surface area contributed by atoms with E-state index in [1.807, 2.05) is 49.4 Å². The highest BCUT2D eigenvalue weighted by atomic mass is 35.5. The summed E-state index contributed by atoms with van der Waals surface area (Å²) in [5, 5.41) is 6.51. The van der Waals surface area contributed by atoms with Gasteiger partial charge in [-0.25, -0.2) is 4.98 Å². The molecular weight excluding hydrogens is 382 g/mol. The number of rotatable bonds is 6. The zero-order valence-electron chi connectivity index (χ0n) is 14.7. The predicted octanol–water partition coefficient (Wildman–Crippen LogP) is 4.07. The van der Waals surface area contributed by atoms with Gasteiger partial charge >= 0.3 is 0 Å². The lowest BCUT2D eigenvalue weighted by Crippen LogP contribution is -2.33. The normalized spacial score (nSPS) is 10.4. The molecule has 0 saturated heterocycles. The van der Waals surface area contributed by atoms with Gasteiger partial charge in [0.25, 0.3) is 0 Å². The minimum atomic E-state index is -0.312. The number of nitrogens with zero attached hydrogens (tertiary/aromatic N) is 1. The number of aryl methyl sites for hydroxylation is 1. The number of hydrogen-bond donors (Lipinski definition) is 2. The van der Waals surface area contributed by atoms with Crippen LogP contribution in [0.4, 0.5) is 5.13 Å². The Hall–Kier alpha value is -2.70. The highest BCUT2D eigenvalue weighted by Crippen LogP contribution is 2.30. The number of hydrogen-bond acceptors (Lipinski definition) is 4. The highest BCUT2D eigenvalue weighted by Gasteiger charge is 2.13. The van der Waals surface area contributed by atoms with Gasteiger partial charge in [-0.05, 0) is 24.6 Å². The van der Waals surface area contributed by atoms with Gasteiger partial charge < -0.3 is 10.6 Å². The molecule has 0 aliphatic rings. The minimum absolute atomic E-state index is 0.0967. The zero-order chi connectivity index (χ0) is 19.2. The van der Waals surface area contributed by atoms with Crippen LogP contribution in [0.25, 0.3) is 11.3 Å². The van der Waals surface area contributed by atoms with Crippen LogP contribution in [0.1, 0.15) is 10.4 Å². The van der Waals surface area contributed by atoms with Crippen LogP contribution in [0.5, 0.6) is 0 Å². The largest absolute Gasteiger partial charge is 0.347 e. The van der Waals surface area contributed by atoms with Crippen LogP contribution in [-0.2, 0) is 16.0 Å². The summed E-state index contributed by atoms with van der Waals surface area (Å²) in [5.41, 5.74) is 2.64. The minimum Gasteiger partial charge on any atom is -0.347 e. The molecular formula is C20H18ClN3O2S. The monoisotopic (exact) mass is 399 g/mol. The number of benzene rings is 2. The third-order valence-electron chi connectivity index (χ3n) is 3.81. The Kier molecular flexibility index (Phi) is 6.21. The Labute approximate surface area is 166 Å².